The summed E-state index contributed by atoms with van der Waals surface area (Å²) in [5, 5.41) is 3.87. The molecule has 2 aromatic carbocycles. The Kier molecular flexibility index (Phi) is 5.42. The zero-order valence-corrected chi connectivity index (χ0v) is 16.7. The minimum atomic E-state index is 0.324. The number of rotatable bonds is 4. The SMILES string of the molecule is CCCN1CCCN(C2CCN(CC)c3ccccc3N2)c2ccccc21. The lowest BCUT2D eigenvalue weighted by molar-refractivity contribution is 0.594. The monoisotopic (exact) mass is 364 g/mol. The molecule has 2 aliphatic rings. The highest BCUT2D eigenvalue weighted by Gasteiger charge is 2.28. The van der Waals surface area contributed by atoms with Crippen molar-refractivity contribution in [3.8, 4) is 0 Å². The standard InChI is InChI=1S/C23H32N4/c1-3-15-26-16-9-17-27(22-13-8-7-12-21(22)26)23-14-18-25(4-2)20-11-6-5-10-19(20)24-23/h5-8,10-13,23-24H,3-4,9,14-18H2,1-2H3. The van der Waals surface area contributed by atoms with E-state index in [1.165, 1.54) is 35.6 Å². The van der Waals surface area contributed by atoms with Crippen molar-refractivity contribution in [2.75, 3.05) is 52.7 Å². The number of anilines is 4. The first-order chi connectivity index (χ1) is 13.3. The van der Waals surface area contributed by atoms with Gasteiger partial charge in [-0.3, -0.25) is 0 Å². The molecule has 144 valence electrons. The average Bonchev–Trinajstić information content (AvgIpc) is 3.00. The molecule has 27 heavy (non-hydrogen) atoms. The maximum atomic E-state index is 3.87. The van der Waals surface area contributed by atoms with Gasteiger partial charge in [0.1, 0.15) is 6.17 Å². The Balaban J connectivity index is 1.67. The molecule has 0 radical (unpaired) electrons. The number of fused-ring (bicyclic) bond motifs is 2. The lowest BCUT2D eigenvalue weighted by Gasteiger charge is -2.34. The van der Waals surface area contributed by atoms with Gasteiger partial charge in [0.15, 0.2) is 0 Å². The van der Waals surface area contributed by atoms with E-state index in [4.69, 9.17) is 0 Å². The number of hydrogen-bond acceptors (Lipinski definition) is 4. The van der Waals surface area contributed by atoms with Crippen molar-refractivity contribution in [3.05, 3.63) is 48.5 Å². The third-order valence-electron chi connectivity index (χ3n) is 5.85. The Morgan fingerprint density at radius 2 is 1.59 bits per heavy atom. The van der Waals surface area contributed by atoms with Gasteiger partial charge in [-0.05, 0) is 44.0 Å². The lowest BCUT2D eigenvalue weighted by Crippen LogP contribution is -2.42. The van der Waals surface area contributed by atoms with Crippen LogP contribution in [0.5, 0.6) is 0 Å². The Hall–Kier alpha value is -2.36. The molecule has 0 amide bonds. The molecule has 0 saturated heterocycles. The van der Waals surface area contributed by atoms with Crippen molar-refractivity contribution in [2.24, 2.45) is 0 Å². The van der Waals surface area contributed by atoms with Crippen LogP contribution in [0, 0.1) is 0 Å². The third-order valence-corrected chi connectivity index (χ3v) is 5.85. The summed E-state index contributed by atoms with van der Waals surface area (Å²) in [5.74, 6) is 0. The van der Waals surface area contributed by atoms with Crippen molar-refractivity contribution < 1.29 is 0 Å². The first-order valence-electron chi connectivity index (χ1n) is 10.5. The third kappa shape index (κ3) is 3.58. The van der Waals surface area contributed by atoms with E-state index in [0.717, 1.165) is 39.1 Å². The molecule has 2 aromatic rings. The fourth-order valence-electron chi connectivity index (χ4n) is 4.56. The number of hydrogen-bond donors (Lipinski definition) is 1. The van der Waals surface area contributed by atoms with Gasteiger partial charge in [0.05, 0.1) is 22.7 Å². The predicted octanol–water partition coefficient (Wildman–Crippen LogP) is 4.78. The van der Waals surface area contributed by atoms with Gasteiger partial charge in [0.2, 0.25) is 0 Å². The van der Waals surface area contributed by atoms with Gasteiger partial charge in [-0.2, -0.15) is 0 Å². The highest BCUT2D eigenvalue weighted by atomic mass is 15.3. The van der Waals surface area contributed by atoms with Gasteiger partial charge < -0.3 is 20.0 Å². The second kappa shape index (κ2) is 8.12. The van der Waals surface area contributed by atoms with E-state index >= 15 is 0 Å². The van der Waals surface area contributed by atoms with Gasteiger partial charge in [-0.25, -0.2) is 0 Å². The van der Waals surface area contributed by atoms with Crippen LogP contribution in [0.25, 0.3) is 0 Å². The summed E-state index contributed by atoms with van der Waals surface area (Å²) >= 11 is 0. The number of nitrogens with zero attached hydrogens (tertiary/aromatic N) is 3. The summed E-state index contributed by atoms with van der Waals surface area (Å²) in [5.41, 5.74) is 5.36. The highest BCUT2D eigenvalue weighted by molar-refractivity contribution is 5.75. The molecule has 0 fully saturated rings. The van der Waals surface area contributed by atoms with Crippen LogP contribution in [0.1, 0.15) is 33.1 Å². The molecular formula is C23H32N4. The molecule has 4 nitrogen and oxygen atoms in total. The van der Waals surface area contributed by atoms with Gasteiger partial charge in [0, 0.05) is 39.1 Å². The zero-order chi connectivity index (χ0) is 18.6. The van der Waals surface area contributed by atoms with Crippen LogP contribution in [-0.4, -0.2) is 38.9 Å². The van der Waals surface area contributed by atoms with Gasteiger partial charge in [0.25, 0.3) is 0 Å². The molecule has 4 heteroatoms. The molecule has 2 aliphatic heterocycles. The van der Waals surface area contributed by atoms with Crippen LogP contribution in [0.3, 0.4) is 0 Å². The van der Waals surface area contributed by atoms with Crippen molar-refractivity contribution in [3.63, 3.8) is 0 Å². The van der Waals surface area contributed by atoms with Gasteiger partial charge in [-0.15, -0.1) is 0 Å². The highest BCUT2D eigenvalue weighted by Crippen LogP contribution is 2.37. The maximum absolute atomic E-state index is 3.87. The van der Waals surface area contributed by atoms with Gasteiger partial charge >= 0.3 is 0 Å². The van der Waals surface area contributed by atoms with E-state index in [0.29, 0.717) is 6.17 Å². The molecule has 1 atom stereocenters. The fourth-order valence-corrected chi connectivity index (χ4v) is 4.56. The Labute approximate surface area is 163 Å². The van der Waals surface area contributed by atoms with E-state index in [-0.39, 0.29) is 0 Å². The molecule has 1 N–H and O–H groups in total. The number of para-hydroxylation sites is 4. The van der Waals surface area contributed by atoms with Crippen LogP contribution < -0.4 is 20.0 Å². The zero-order valence-electron chi connectivity index (χ0n) is 16.7. The molecule has 0 aliphatic carbocycles. The van der Waals surface area contributed by atoms with E-state index in [1.54, 1.807) is 0 Å². The minimum absolute atomic E-state index is 0.324. The van der Waals surface area contributed by atoms with Crippen LogP contribution in [0.2, 0.25) is 0 Å². The van der Waals surface area contributed by atoms with E-state index in [2.05, 4.69) is 82.4 Å². The predicted molar refractivity (Wildman–Crippen MR) is 117 cm³/mol. The summed E-state index contributed by atoms with van der Waals surface area (Å²) < 4.78 is 0. The second-order valence-electron chi connectivity index (χ2n) is 7.57. The first kappa shape index (κ1) is 18.0. The quantitative estimate of drug-likeness (QED) is 0.842. The molecule has 0 bridgehead atoms. The van der Waals surface area contributed by atoms with E-state index in [9.17, 15) is 0 Å². The first-order valence-corrected chi connectivity index (χ1v) is 10.5. The van der Waals surface area contributed by atoms with Crippen molar-refractivity contribution in [2.45, 2.75) is 39.3 Å². The Morgan fingerprint density at radius 3 is 2.37 bits per heavy atom. The summed E-state index contributed by atoms with van der Waals surface area (Å²) in [7, 11) is 0. The maximum Gasteiger partial charge on any atom is 0.101 e. The Bertz CT molecular complexity index is 760. The topological polar surface area (TPSA) is 21.8 Å². The molecule has 0 saturated carbocycles. The van der Waals surface area contributed by atoms with Crippen LogP contribution in [0.15, 0.2) is 48.5 Å². The minimum Gasteiger partial charge on any atom is -0.370 e. The van der Waals surface area contributed by atoms with Crippen LogP contribution in [0.4, 0.5) is 22.7 Å². The van der Waals surface area contributed by atoms with Gasteiger partial charge in [-0.1, -0.05) is 31.2 Å². The van der Waals surface area contributed by atoms with Crippen LogP contribution in [-0.2, 0) is 0 Å². The Morgan fingerprint density at radius 1 is 0.852 bits per heavy atom. The molecule has 1 unspecified atom stereocenters. The molecule has 0 aromatic heterocycles. The van der Waals surface area contributed by atoms with Crippen molar-refractivity contribution in [1.29, 1.82) is 0 Å². The normalized spacial score (nSPS) is 19.6. The lowest BCUT2D eigenvalue weighted by atomic mass is 10.2. The summed E-state index contributed by atoms with van der Waals surface area (Å²) in [6, 6.07) is 17.7. The number of nitrogens with one attached hydrogen (secondary N) is 1. The number of benzene rings is 2. The van der Waals surface area contributed by atoms with Crippen LogP contribution >= 0.6 is 0 Å². The summed E-state index contributed by atoms with van der Waals surface area (Å²) in [4.78, 5) is 7.68. The van der Waals surface area contributed by atoms with Crippen molar-refractivity contribution in [1.82, 2.24) is 0 Å². The fraction of sp³-hybridized carbons (Fsp3) is 0.478. The molecule has 0 spiro atoms. The molecular weight excluding hydrogens is 332 g/mol. The van der Waals surface area contributed by atoms with E-state index < -0.39 is 0 Å². The molecule has 4 rings (SSSR count). The average molecular weight is 365 g/mol. The van der Waals surface area contributed by atoms with Crippen molar-refractivity contribution >= 4 is 22.7 Å². The van der Waals surface area contributed by atoms with E-state index in [1.807, 2.05) is 0 Å². The largest absolute Gasteiger partial charge is 0.370 e. The smallest absolute Gasteiger partial charge is 0.101 e. The summed E-state index contributed by atoms with van der Waals surface area (Å²) in [6.45, 7) is 10.0. The second-order valence-corrected chi connectivity index (χ2v) is 7.57. The summed E-state index contributed by atoms with van der Waals surface area (Å²) in [6.07, 6.45) is 3.83. The molecule has 2 heterocycles.